The average molecular weight is 279 g/mol. The summed E-state index contributed by atoms with van der Waals surface area (Å²) in [4.78, 5) is 0. The predicted molar refractivity (Wildman–Crippen MR) is 91.0 cm³/mol. The highest BCUT2D eigenvalue weighted by Gasteiger charge is 2.22. The molecule has 0 amide bonds. The molecule has 0 heterocycles. The first-order valence-electron chi connectivity index (χ1n) is 8.13. The van der Waals surface area contributed by atoms with Gasteiger partial charge in [0.05, 0.1) is 6.04 Å². The molecule has 2 aromatic carbocycles. The summed E-state index contributed by atoms with van der Waals surface area (Å²) in [6.45, 7) is 6.71. The molecule has 1 aliphatic rings. The van der Waals surface area contributed by atoms with Crippen LogP contribution in [0.15, 0.2) is 42.5 Å². The van der Waals surface area contributed by atoms with E-state index in [9.17, 15) is 0 Å². The molecule has 0 fully saturated rings. The van der Waals surface area contributed by atoms with Gasteiger partial charge in [-0.3, -0.25) is 0 Å². The fraction of sp³-hybridized carbons (Fsp3) is 0.400. The van der Waals surface area contributed by atoms with Crippen molar-refractivity contribution in [1.82, 2.24) is 0 Å². The lowest BCUT2D eigenvalue weighted by molar-refractivity contribution is 0.732. The van der Waals surface area contributed by atoms with Crippen molar-refractivity contribution in [3.05, 3.63) is 64.7 Å². The van der Waals surface area contributed by atoms with Crippen molar-refractivity contribution < 1.29 is 0 Å². The fourth-order valence-electron chi connectivity index (χ4n) is 3.22. The molecule has 1 nitrogen and oxygen atoms in total. The Bertz CT molecular complexity index is 612. The minimum atomic E-state index is 0.467. The van der Waals surface area contributed by atoms with E-state index in [1.807, 2.05) is 0 Å². The lowest BCUT2D eigenvalue weighted by atomic mass is 9.98. The second-order valence-corrected chi connectivity index (χ2v) is 6.37. The highest BCUT2D eigenvalue weighted by atomic mass is 14.9. The molecule has 1 heteroatoms. The van der Waals surface area contributed by atoms with Crippen LogP contribution in [-0.2, 0) is 6.42 Å². The Hall–Kier alpha value is -1.76. The van der Waals surface area contributed by atoms with Gasteiger partial charge in [-0.1, -0.05) is 49.7 Å². The number of hydrogen-bond acceptors (Lipinski definition) is 1. The first-order valence-corrected chi connectivity index (χ1v) is 8.13. The third-order valence-electron chi connectivity index (χ3n) is 4.81. The van der Waals surface area contributed by atoms with E-state index in [2.05, 4.69) is 68.6 Å². The number of anilines is 1. The summed E-state index contributed by atoms with van der Waals surface area (Å²) < 4.78 is 0. The summed E-state index contributed by atoms with van der Waals surface area (Å²) >= 11 is 0. The number of aryl methyl sites for hydroxylation is 2. The van der Waals surface area contributed by atoms with Crippen molar-refractivity contribution in [3.63, 3.8) is 0 Å². The maximum absolute atomic E-state index is 3.71. The van der Waals surface area contributed by atoms with E-state index in [0.717, 1.165) is 0 Å². The van der Waals surface area contributed by atoms with Gasteiger partial charge in [-0.05, 0) is 60.9 Å². The van der Waals surface area contributed by atoms with E-state index in [0.29, 0.717) is 12.0 Å². The van der Waals surface area contributed by atoms with Crippen molar-refractivity contribution in [2.45, 2.75) is 52.0 Å². The Kier molecular flexibility index (Phi) is 4.01. The molecular weight excluding hydrogens is 254 g/mol. The first-order chi connectivity index (χ1) is 10.2. The molecule has 21 heavy (non-hydrogen) atoms. The van der Waals surface area contributed by atoms with Gasteiger partial charge in [-0.2, -0.15) is 0 Å². The molecule has 0 spiro atoms. The van der Waals surface area contributed by atoms with Gasteiger partial charge in [0.25, 0.3) is 0 Å². The molecule has 2 aromatic rings. The quantitative estimate of drug-likeness (QED) is 0.767. The van der Waals surface area contributed by atoms with Gasteiger partial charge in [-0.15, -0.1) is 0 Å². The van der Waals surface area contributed by atoms with Crippen LogP contribution in [0.5, 0.6) is 0 Å². The van der Waals surface area contributed by atoms with Crippen molar-refractivity contribution in [2.24, 2.45) is 0 Å². The van der Waals surface area contributed by atoms with Crippen LogP contribution in [0.2, 0.25) is 0 Å². The summed E-state index contributed by atoms with van der Waals surface area (Å²) in [6, 6.07) is 16.3. The number of benzene rings is 2. The van der Waals surface area contributed by atoms with Crippen LogP contribution in [0.3, 0.4) is 0 Å². The van der Waals surface area contributed by atoms with E-state index in [1.54, 1.807) is 0 Å². The number of rotatable bonds is 4. The standard InChI is InChI=1S/C20H25N/c1-4-15(3)16-7-10-18(11-8-16)21-20-12-9-17-6-5-14(2)13-19(17)20/h5-8,10-11,13,15,20-21H,4,9,12H2,1-3H3. The van der Waals surface area contributed by atoms with Crippen LogP contribution in [0.25, 0.3) is 0 Å². The topological polar surface area (TPSA) is 12.0 Å². The molecule has 0 saturated carbocycles. The van der Waals surface area contributed by atoms with Gasteiger partial charge in [0.2, 0.25) is 0 Å². The molecule has 1 aliphatic carbocycles. The normalized spacial score (nSPS) is 18.3. The van der Waals surface area contributed by atoms with Crippen LogP contribution < -0.4 is 5.32 Å². The molecule has 1 N–H and O–H groups in total. The molecule has 3 rings (SSSR count). The van der Waals surface area contributed by atoms with Crippen molar-refractivity contribution >= 4 is 5.69 Å². The number of hydrogen-bond donors (Lipinski definition) is 1. The summed E-state index contributed by atoms with van der Waals surface area (Å²) in [5, 5.41) is 3.71. The monoisotopic (exact) mass is 279 g/mol. The van der Waals surface area contributed by atoms with E-state index in [-0.39, 0.29) is 0 Å². The second-order valence-electron chi connectivity index (χ2n) is 6.37. The molecule has 2 atom stereocenters. The van der Waals surface area contributed by atoms with Crippen molar-refractivity contribution in [2.75, 3.05) is 5.32 Å². The van der Waals surface area contributed by atoms with Crippen LogP contribution in [0, 0.1) is 6.92 Å². The molecule has 0 saturated heterocycles. The van der Waals surface area contributed by atoms with Crippen molar-refractivity contribution in [1.29, 1.82) is 0 Å². The molecule has 0 aliphatic heterocycles. The molecular formula is C20H25N. The highest BCUT2D eigenvalue weighted by Crippen LogP contribution is 2.34. The lowest BCUT2D eigenvalue weighted by Crippen LogP contribution is -2.07. The minimum Gasteiger partial charge on any atom is -0.378 e. The zero-order valence-corrected chi connectivity index (χ0v) is 13.3. The summed E-state index contributed by atoms with van der Waals surface area (Å²) in [5.74, 6) is 0.647. The van der Waals surface area contributed by atoms with Gasteiger partial charge in [-0.25, -0.2) is 0 Å². The van der Waals surface area contributed by atoms with Crippen LogP contribution in [0.1, 0.15) is 60.9 Å². The predicted octanol–water partition coefficient (Wildman–Crippen LogP) is 5.61. The van der Waals surface area contributed by atoms with Gasteiger partial charge in [0, 0.05) is 5.69 Å². The second kappa shape index (κ2) is 5.93. The molecule has 2 unspecified atom stereocenters. The summed E-state index contributed by atoms with van der Waals surface area (Å²) in [6.07, 6.45) is 3.59. The van der Waals surface area contributed by atoms with Crippen molar-refractivity contribution in [3.8, 4) is 0 Å². The maximum Gasteiger partial charge on any atom is 0.0519 e. The van der Waals surface area contributed by atoms with E-state index >= 15 is 0 Å². The fourth-order valence-corrected chi connectivity index (χ4v) is 3.22. The van der Waals surface area contributed by atoms with Gasteiger partial charge in [0.1, 0.15) is 0 Å². The number of nitrogens with one attached hydrogen (secondary N) is 1. The zero-order chi connectivity index (χ0) is 14.8. The summed E-state index contributed by atoms with van der Waals surface area (Å²) in [5.41, 5.74) is 7.03. The lowest BCUT2D eigenvalue weighted by Gasteiger charge is -2.17. The Labute approximate surface area is 128 Å². The molecule has 0 bridgehead atoms. The van der Waals surface area contributed by atoms with Crippen LogP contribution in [0.4, 0.5) is 5.69 Å². The van der Waals surface area contributed by atoms with Crippen LogP contribution >= 0.6 is 0 Å². The smallest absolute Gasteiger partial charge is 0.0519 e. The Morgan fingerprint density at radius 1 is 1.14 bits per heavy atom. The third-order valence-corrected chi connectivity index (χ3v) is 4.81. The Morgan fingerprint density at radius 2 is 1.90 bits per heavy atom. The van der Waals surface area contributed by atoms with Gasteiger partial charge >= 0.3 is 0 Å². The zero-order valence-electron chi connectivity index (χ0n) is 13.3. The average Bonchev–Trinajstić information content (AvgIpc) is 2.89. The van der Waals surface area contributed by atoms with E-state index in [4.69, 9.17) is 0 Å². The van der Waals surface area contributed by atoms with Gasteiger partial charge in [0.15, 0.2) is 0 Å². The van der Waals surface area contributed by atoms with Crippen LogP contribution in [-0.4, -0.2) is 0 Å². The SMILES string of the molecule is CCC(C)c1ccc(NC2CCc3ccc(C)cc32)cc1. The Balaban J connectivity index is 1.75. The highest BCUT2D eigenvalue weighted by molar-refractivity contribution is 5.50. The molecule has 110 valence electrons. The maximum atomic E-state index is 3.71. The van der Waals surface area contributed by atoms with E-state index in [1.165, 1.54) is 47.2 Å². The largest absolute Gasteiger partial charge is 0.378 e. The minimum absolute atomic E-state index is 0.467. The molecule has 0 radical (unpaired) electrons. The Morgan fingerprint density at radius 3 is 2.62 bits per heavy atom. The summed E-state index contributed by atoms with van der Waals surface area (Å²) in [7, 11) is 0. The number of fused-ring (bicyclic) bond motifs is 1. The van der Waals surface area contributed by atoms with E-state index < -0.39 is 0 Å². The first kappa shape index (κ1) is 14.2. The molecule has 0 aromatic heterocycles. The van der Waals surface area contributed by atoms with Gasteiger partial charge < -0.3 is 5.32 Å². The third kappa shape index (κ3) is 2.97.